The monoisotopic (exact) mass is 376 g/mol. The van der Waals surface area contributed by atoms with Crippen molar-refractivity contribution in [2.24, 2.45) is 4.36 Å². The summed E-state index contributed by atoms with van der Waals surface area (Å²) in [6, 6.07) is 3.80. The minimum absolute atomic E-state index is 0.0669. The summed E-state index contributed by atoms with van der Waals surface area (Å²) in [6.45, 7) is 7.02. The second kappa shape index (κ2) is 6.43. The SMILES string of the molecule is [C-]#[N+]c1cc(-n2cc(S(C)=NC#N)c3c2CCC(F)(F)C3=O)ccc1F. The lowest BCUT2D eigenvalue weighted by Gasteiger charge is -2.22. The number of carbonyl (C=O) groups excluding carboxylic acids is 1. The third kappa shape index (κ3) is 2.80. The maximum absolute atomic E-state index is 13.9. The number of nitrogens with zero attached hydrogens (tertiary/aromatic N) is 4. The molecule has 0 amide bonds. The molecule has 1 atom stereocenters. The van der Waals surface area contributed by atoms with E-state index in [2.05, 4.69) is 9.21 Å². The molecule has 0 spiro atoms. The van der Waals surface area contributed by atoms with E-state index in [1.54, 1.807) is 12.4 Å². The zero-order valence-electron chi connectivity index (χ0n) is 13.5. The van der Waals surface area contributed by atoms with Crippen molar-refractivity contribution >= 4 is 22.2 Å². The van der Waals surface area contributed by atoms with Gasteiger partial charge in [-0.05, 0) is 30.9 Å². The van der Waals surface area contributed by atoms with Gasteiger partial charge in [0, 0.05) is 28.9 Å². The molecule has 1 aliphatic rings. The van der Waals surface area contributed by atoms with Crippen LogP contribution in [0.4, 0.5) is 18.9 Å². The number of Topliss-reactive ketones (excluding diaryl/α,β-unsaturated/α-hetero) is 1. The van der Waals surface area contributed by atoms with Crippen molar-refractivity contribution in [1.82, 2.24) is 4.57 Å². The highest BCUT2D eigenvalue weighted by Crippen LogP contribution is 2.38. The number of nitriles is 1. The molecule has 0 aliphatic heterocycles. The second-order valence-corrected chi connectivity index (χ2v) is 7.21. The fraction of sp³-hybridized carbons (Fsp3) is 0.235. The largest absolute Gasteiger partial charge is 0.320 e. The molecule has 0 saturated carbocycles. The Morgan fingerprint density at radius 1 is 1.46 bits per heavy atom. The summed E-state index contributed by atoms with van der Waals surface area (Å²) < 4.78 is 46.7. The third-order valence-electron chi connectivity index (χ3n) is 4.13. The zero-order valence-corrected chi connectivity index (χ0v) is 14.3. The fourth-order valence-corrected chi connectivity index (χ4v) is 3.87. The summed E-state index contributed by atoms with van der Waals surface area (Å²) in [5, 5.41) is 8.77. The predicted octanol–water partition coefficient (Wildman–Crippen LogP) is 4.20. The Morgan fingerprint density at radius 2 is 2.19 bits per heavy atom. The lowest BCUT2D eigenvalue weighted by Crippen LogP contribution is -2.34. The number of hydrogen-bond acceptors (Lipinski definition) is 3. The molecule has 132 valence electrons. The average Bonchev–Trinajstić information content (AvgIpc) is 2.99. The van der Waals surface area contributed by atoms with Crippen LogP contribution in [0, 0.1) is 23.8 Å². The molecule has 0 fully saturated rings. The van der Waals surface area contributed by atoms with E-state index in [9.17, 15) is 18.0 Å². The molecule has 1 aromatic heterocycles. The number of alkyl halides is 2. The van der Waals surface area contributed by atoms with E-state index in [-0.39, 0.29) is 22.6 Å². The minimum Gasteiger partial charge on any atom is -0.320 e. The van der Waals surface area contributed by atoms with Crippen LogP contribution in [0.15, 0.2) is 33.7 Å². The van der Waals surface area contributed by atoms with E-state index in [1.807, 2.05) is 0 Å². The van der Waals surface area contributed by atoms with Gasteiger partial charge in [-0.2, -0.15) is 14.0 Å². The van der Waals surface area contributed by atoms with Crippen molar-refractivity contribution < 1.29 is 18.0 Å². The van der Waals surface area contributed by atoms with Gasteiger partial charge in [-0.15, -0.1) is 4.36 Å². The molecule has 9 heteroatoms. The molecule has 2 aromatic rings. The third-order valence-corrected chi connectivity index (χ3v) is 5.43. The van der Waals surface area contributed by atoms with Crippen LogP contribution in [0.5, 0.6) is 0 Å². The number of carbonyl (C=O) groups is 1. The molecule has 5 nitrogen and oxygen atoms in total. The van der Waals surface area contributed by atoms with Crippen molar-refractivity contribution in [3.05, 3.63) is 52.9 Å². The van der Waals surface area contributed by atoms with Crippen molar-refractivity contribution in [2.45, 2.75) is 23.7 Å². The number of hydrogen-bond donors (Lipinski definition) is 0. The van der Waals surface area contributed by atoms with Crippen LogP contribution in [0.3, 0.4) is 0 Å². The lowest BCUT2D eigenvalue weighted by molar-refractivity contribution is 0.00143. The van der Waals surface area contributed by atoms with Crippen molar-refractivity contribution in [1.29, 1.82) is 5.26 Å². The lowest BCUT2D eigenvalue weighted by atomic mass is 9.93. The smallest absolute Gasteiger partial charge is 0.310 e. The Labute approximate surface area is 149 Å². The summed E-state index contributed by atoms with van der Waals surface area (Å²) >= 11 is 0. The minimum atomic E-state index is -3.48. The van der Waals surface area contributed by atoms with Crippen LogP contribution >= 0.6 is 0 Å². The Balaban J connectivity index is 2.29. The van der Waals surface area contributed by atoms with Gasteiger partial charge < -0.3 is 4.57 Å². The summed E-state index contributed by atoms with van der Waals surface area (Å²) in [6.07, 6.45) is 3.94. The zero-order chi connectivity index (χ0) is 19.1. The van der Waals surface area contributed by atoms with E-state index in [0.29, 0.717) is 11.4 Å². The topological polar surface area (TPSA) is 62.5 Å². The van der Waals surface area contributed by atoms with Gasteiger partial charge >= 0.3 is 5.92 Å². The normalized spacial score (nSPS) is 16.6. The molecular formula is C17H11F3N4OS. The molecular weight excluding hydrogens is 365 g/mol. The van der Waals surface area contributed by atoms with E-state index in [0.717, 1.165) is 6.07 Å². The molecule has 1 unspecified atom stereocenters. The van der Waals surface area contributed by atoms with Gasteiger partial charge in [-0.3, -0.25) is 4.79 Å². The van der Waals surface area contributed by atoms with Crippen LogP contribution in [0.1, 0.15) is 22.5 Å². The molecule has 1 heterocycles. The standard InChI is InChI=1S/C17H11F3N4OS/c1-22-12-7-10(3-4-11(12)18)24-8-14(26(2)23-9-21)15-13(24)5-6-17(19,20)16(15)25/h3-4,7-8H,5-6H2,2H3. The molecule has 0 N–H and O–H groups in total. The summed E-state index contributed by atoms with van der Waals surface area (Å²) in [5.41, 5.74) is 0.383. The number of ketones is 1. The number of fused-ring (bicyclic) bond motifs is 1. The van der Waals surface area contributed by atoms with Crippen LogP contribution < -0.4 is 0 Å². The van der Waals surface area contributed by atoms with Gasteiger partial charge in [0.15, 0.2) is 0 Å². The van der Waals surface area contributed by atoms with Gasteiger partial charge in [0.25, 0.3) is 0 Å². The molecule has 3 rings (SSSR count). The molecule has 0 radical (unpaired) electrons. The van der Waals surface area contributed by atoms with Crippen LogP contribution in [-0.2, 0) is 17.1 Å². The molecule has 1 aromatic carbocycles. The number of halogens is 3. The first-order valence-corrected chi connectivity index (χ1v) is 8.99. The van der Waals surface area contributed by atoms with Crippen LogP contribution in [0.25, 0.3) is 10.5 Å². The number of rotatable bonds is 2. The predicted molar refractivity (Wildman–Crippen MR) is 89.2 cm³/mol. The average molecular weight is 376 g/mol. The van der Waals surface area contributed by atoms with Crippen LogP contribution in [-0.4, -0.2) is 22.5 Å². The van der Waals surface area contributed by atoms with E-state index < -0.39 is 34.6 Å². The quantitative estimate of drug-likeness (QED) is 0.582. The number of aromatic nitrogens is 1. The van der Waals surface area contributed by atoms with E-state index >= 15 is 0 Å². The summed E-state index contributed by atoms with van der Waals surface area (Å²) in [5.74, 6) is -5.47. The van der Waals surface area contributed by atoms with Crippen LogP contribution in [0.2, 0.25) is 0 Å². The highest BCUT2D eigenvalue weighted by atomic mass is 32.2. The maximum Gasteiger partial charge on any atom is 0.310 e. The van der Waals surface area contributed by atoms with Crippen molar-refractivity contribution in [2.75, 3.05) is 6.26 Å². The fourth-order valence-electron chi connectivity index (χ4n) is 2.88. The highest BCUT2D eigenvalue weighted by molar-refractivity contribution is 7.86. The van der Waals surface area contributed by atoms with Gasteiger partial charge in [0.1, 0.15) is 5.82 Å². The van der Waals surface area contributed by atoms with Gasteiger partial charge in [-0.1, -0.05) is 10.7 Å². The first kappa shape index (κ1) is 17.9. The Hall–Kier alpha value is -2.91. The molecule has 1 aliphatic carbocycles. The summed E-state index contributed by atoms with van der Waals surface area (Å²) in [4.78, 5) is 15.6. The molecule has 0 saturated heterocycles. The van der Waals surface area contributed by atoms with E-state index in [1.165, 1.54) is 22.9 Å². The van der Waals surface area contributed by atoms with E-state index in [4.69, 9.17) is 11.8 Å². The first-order valence-electron chi connectivity index (χ1n) is 7.40. The van der Waals surface area contributed by atoms with Crippen molar-refractivity contribution in [3.63, 3.8) is 0 Å². The Bertz CT molecular complexity index is 1040. The molecule has 26 heavy (non-hydrogen) atoms. The Kier molecular flexibility index (Phi) is 4.43. The highest BCUT2D eigenvalue weighted by Gasteiger charge is 2.46. The molecule has 0 bridgehead atoms. The first-order chi connectivity index (χ1) is 12.3. The number of benzene rings is 1. The Morgan fingerprint density at radius 3 is 2.85 bits per heavy atom. The summed E-state index contributed by atoms with van der Waals surface area (Å²) in [7, 11) is -1.09. The van der Waals surface area contributed by atoms with Crippen molar-refractivity contribution in [3.8, 4) is 11.9 Å². The second-order valence-electron chi connectivity index (χ2n) is 5.64. The maximum atomic E-state index is 13.9. The van der Waals surface area contributed by atoms with Gasteiger partial charge in [-0.25, -0.2) is 9.24 Å². The van der Waals surface area contributed by atoms with Gasteiger partial charge in [0.2, 0.25) is 17.7 Å². The van der Waals surface area contributed by atoms with Gasteiger partial charge in [0.05, 0.1) is 12.1 Å².